The second-order valence-electron chi connectivity index (χ2n) is 1.72. The van der Waals surface area contributed by atoms with Gasteiger partial charge in [0.1, 0.15) is 4.88 Å². The summed E-state index contributed by atoms with van der Waals surface area (Å²) >= 11 is 7.86. The molecule has 0 unspecified atom stereocenters. The molecule has 1 aromatic heterocycles. The van der Waals surface area contributed by atoms with Crippen molar-refractivity contribution in [2.24, 2.45) is 0 Å². The molecule has 60 valence electrons. The molecule has 0 atom stereocenters. The van der Waals surface area contributed by atoms with E-state index >= 15 is 0 Å². The molecule has 0 amide bonds. The SMILES string of the molecule is COC(=O)c1scc(Br)c1Br. The maximum Gasteiger partial charge on any atom is 0.349 e. The van der Waals surface area contributed by atoms with Crippen molar-refractivity contribution in [3.05, 3.63) is 19.2 Å². The molecule has 0 aliphatic carbocycles. The predicted octanol–water partition coefficient (Wildman–Crippen LogP) is 3.06. The van der Waals surface area contributed by atoms with E-state index in [0.717, 1.165) is 8.95 Å². The molecule has 0 fully saturated rings. The van der Waals surface area contributed by atoms with E-state index in [1.807, 2.05) is 5.38 Å². The van der Waals surface area contributed by atoms with Gasteiger partial charge in [0.05, 0.1) is 11.6 Å². The Morgan fingerprint density at radius 2 is 2.27 bits per heavy atom. The van der Waals surface area contributed by atoms with Crippen LogP contribution in [-0.4, -0.2) is 13.1 Å². The third-order valence-corrected chi connectivity index (χ3v) is 4.57. The van der Waals surface area contributed by atoms with Crippen molar-refractivity contribution < 1.29 is 9.53 Å². The van der Waals surface area contributed by atoms with E-state index in [-0.39, 0.29) is 5.97 Å². The van der Waals surface area contributed by atoms with Gasteiger partial charge in [-0.15, -0.1) is 11.3 Å². The number of hydrogen-bond donors (Lipinski definition) is 0. The molecule has 11 heavy (non-hydrogen) atoms. The molecule has 1 rings (SSSR count). The lowest BCUT2D eigenvalue weighted by Crippen LogP contribution is -1.98. The van der Waals surface area contributed by atoms with Crippen LogP contribution >= 0.6 is 43.2 Å². The van der Waals surface area contributed by atoms with Crippen LogP contribution in [0.2, 0.25) is 0 Å². The fourth-order valence-electron chi connectivity index (χ4n) is 0.553. The van der Waals surface area contributed by atoms with Gasteiger partial charge in [-0.25, -0.2) is 4.79 Å². The van der Waals surface area contributed by atoms with Crippen LogP contribution < -0.4 is 0 Å². The maximum atomic E-state index is 11.0. The quantitative estimate of drug-likeness (QED) is 0.745. The van der Waals surface area contributed by atoms with Crippen LogP contribution in [0.1, 0.15) is 9.67 Å². The van der Waals surface area contributed by atoms with Gasteiger partial charge in [-0.05, 0) is 31.9 Å². The van der Waals surface area contributed by atoms with Gasteiger partial charge < -0.3 is 4.74 Å². The lowest BCUT2D eigenvalue weighted by molar-refractivity contribution is 0.0605. The molecule has 5 heteroatoms. The highest BCUT2D eigenvalue weighted by Gasteiger charge is 2.14. The first-order valence-corrected chi connectivity index (χ1v) is 5.14. The monoisotopic (exact) mass is 298 g/mol. The standard InChI is InChI=1S/C6H4Br2O2S/c1-10-6(9)5-4(8)3(7)2-11-5/h2H,1H3. The molecule has 1 heterocycles. The van der Waals surface area contributed by atoms with E-state index in [1.54, 1.807) is 0 Å². The minimum atomic E-state index is -0.312. The number of thiophene rings is 1. The van der Waals surface area contributed by atoms with Gasteiger partial charge in [-0.1, -0.05) is 0 Å². The number of carbonyl (C=O) groups is 1. The molecule has 0 aromatic carbocycles. The molecule has 1 aromatic rings. The molecule has 0 bridgehead atoms. The van der Waals surface area contributed by atoms with E-state index in [9.17, 15) is 4.79 Å². The molecular formula is C6H4Br2O2S. The van der Waals surface area contributed by atoms with Crippen molar-refractivity contribution in [3.63, 3.8) is 0 Å². The summed E-state index contributed by atoms with van der Waals surface area (Å²) in [6.07, 6.45) is 0. The van der Waals surface area contributed by atoms with Gasteiger partial charge in [0, 0.05) is 9.85 Å². The molecule has 0 aliphatic heterocycles. The van der Waals surface area contributed by atoms with Crippen LogP contribution in [0.5, 0.6) is 0 Å². The zero-order chi connectivity index (χ0) is 8.43. The number of carbonyl (C=O) groups excluding carboxylic acids is 1. The van der Waals surface area contributed by atoms with Crippen LogP contribution in [0.25, 0.3) is 0 Å². The summed E-state index contributed by atoms with van der Waals surface area (Å²) in [6.45, 7) is 0. The van der Waals surface area contributed by atoms with E-state index in [1.165, 1.54) is 18.4 Å². The molecule has 0 aliphatic rings. The zero-order valence-electron chi connectivity index (χ0n) is 5.56. The molecule has 0 spiro atoms. The minimum absolute atomic E-state index is 0.312. The highest BCUT2D eigenvalue weighted by Crippen LogP contribution is 2.32. The van der Waals surface area contributed by atoms with E-state index < -0.39 is 0 Å². The number of hydrogen-bond acceptors (Lipinski definition) is 3. The van der Waals surface area contributed by atoms with E-state index in [0.29, 0.717) is 4.88 Å². The second-order valence-corrected chi connectivity index (χ2v) is 4.25. The number of ether oxygens (including phenoxy) is 1. The average Bonchev–Trinajstić information content (AvgIpc) is 2.32. The second kappa shape index (κ2) is 3.69. The van der Waals surface area contributed by atoms with Crippen LogP contribution in [0.4, 0.5) is 0 Å². The van der Waals surface area contributed by atoms with Crippen LogP contribution in [0.15, 0.2) is 14.3 Å². The van der Waals surface area contributed by atoms with Gasteiger partial charge in [0.2, 0.25) is 0 Å². The summed E-state index contributed by atoms with van der Waals surface area (Å²) in [6, 6.07) is 0. The smallest absolute Gasteiger partial charge is 0.349 e. The lowest BCUT2D eigenvalue weighted by atomic mass is 10.5. The highest BCUT2D eigenvalue weighted by molar-refractivity contribution is 9.13. The lowest BCUT2D eigenvalue weighted by Gasteiger charge is -1.94. The third kappa shape index (κ3) is 1.83. The Balaban J connectivity index is 3.04. The Bertz CT molecular complexity index is 282. The van der Waals surface area contributed by atoms with Crippen LogP contribution in [-0.2, 0) is 4.74 Å². The fraction of sp³-hybridized carbons (Fsp3) is 0.167. The van der Waals surface area contributed by atoms with Gasteiger partial charge in [-0.2, -0.15) is 0 Å². The number of halogens is 2. The molecule has 0 radical (unpaired) electrons. The molecule has 2 nitrogen and oxygen atoms in total. The summed E-state index contributed by atoms with van der Waals surface area (Å²) in [7, 11) is 1.36. The normalized spacial score (nSPS) is 9.73. The number of methoxy groups -OCH3 is 1. The van der Waals surface area contributed by atoms with Gasteiger partial charge >= 0.3 is 5.97 Å². The van der Waals surface area contributed by atoms with E-state index in [4.69, 9.17) is 0 Å². The number of esters is 1. The fourth-order valence-corrected chi connectivity index (χ4v) is 2.60. The number of rotatable bonds is 1. The first-order valence-electron chi connectivity index (χ1n) is 2.67. The van der Waals surface area contributed by atoms with Crippen LogP contribution in [0, 0.1) is 0 Å². The Hall–Kier alpha value is 0.130. The van der Waals surface area contributed by atoms with Crippen molar-refractivity contribution >= 4 is 49.2 Å². The largest absolute Gasteiger partial charge is 0.465 e. The minimum Gasteiger partial charge on any atom is -0.465 e. The summed E-state index contributed by atoms with van der Waals surface area (Å²) in [5, 5.41) is 1.83. The topological polar surface area (TPSA) is 26.3 Å². The average molecular weight is 300 g/mol. The van der Waals surface area contributed by atoms with E-state index in [2.05, 4.69) is 36.6 Å². The Kier molecular flexibility index (Phi) is 3.09. The molecular weight excluding hydrogens is 296 g/mol. The van der Waals surface area contributed by atoms with Crippen molar-refractivity contribution in [2.45, 2.75) is 0 Å². The summed E-state index contributed by atoms with van der Waals surface area (Å²) in [4.78, 5) is 11.6. The summed E-state index contributed by atoms with van der Waals surface area (Å²) in [5.41, 5.74) is 0. The summed E-state index contributed by atoms with van der Waals surface area (Å²) in [5.74, 6) is -0.312. The first kappa shape index (κ1) is 9.22. The Morgan fingerprint density at radius 1 is 1.64 bits per heavy atom. The Morgan fingerprint density at radius 3 is 2.64 bits per heavy atom. The van der Waals surface area contributed by atoms with Crippen molar-refractivity contribution in [1.29, 1.82) is 0 Å². The third-order valence-electron chi connectivity index (χ3n) is 1.06. The van der Waals surface area contributed by atoms with Crippen LogP contribution in [0.3, 0.4) is 0 Å². The van der Waals surface area contributed by atoms with Gasteiger partial charge in [0.25, 0.3) is 0 Å². The Labute approximate surface area is 84.8 Å². The maximum absolute atomic E-state index is 11.0. The van der Waals surface area contributed by atoms with Gasteiger partial charge in [-0.3, -0.25) is 0 Å². The highest BCUT2D eigenvalue weighted by atomic mass is 79.9. The molecule has 0 saturated heterocycles. The molecule has 0 saturated carbocycles. The predicted molar refractivity (Wildman–Crippen MR) is 51.1 cm³/mol. The van der Waals surface area contributed by atoms with Crippen molar-refractivity contribution in [1.82, 2.24) is 0 Å². The first-order chi connectivity index (χ1) is 5.16. The zero-order valence-corrected chi connectivity index (χ0v) is 9.55. The summed E-state index contributed by atoms with van der Waals surface area (Å²) < 4.78 is 6.19. The van der Waals surface area contributed by atoms with Crippen molar-refractivity contribution in [2.75, 3.05) is 7.11 Å². The molecule has 0 N–H and O–H groups in total. The van der Waals surface area contributed by atoms with Crippen molar-refractivity contribution in [3.8, 4) is 0 Å². The van der Waals surface area contributed by atoms with Gasteiger partial charge in [0.15, 0.2) is 0 Å².